The van der Waals surface area contributed by atoms with Gasteiger partial charge >= 0.3 is 0 Å². The maximum atomic E-state index is 12.7. The van der Waals surface area contributed by atoms with Crippen molar-refractivity contribution in [1.82, 2.24) is 5.32 Å². The molecular weight excluding hydrogens is 324 g/mol. The summed E-state index contributed by atoms with van der Waals surface area (Å²) in [6.45, 7) is 6.61. The summed E-state index contributed by atoms with van der Waals surface area (Å²) in [6, 6.07) is 8.15. The second kappa shape index (κ2) is 10.7. The monoisotopic (exact) mass is 360 g/mol. The molecule has 1 saturated carbocycles. The normalized spacial score (nSPS) is 17.9. The first-order valence-electron chi connectivity index (χ1n) is 10.2. The quantitative estimate of drug-likeness (QED) is 0.705. The van der Waals surface area contributed by atoms with Gasteiger partial charge in [-0.05, 0) is 45.1 Å². The lowest BCUT2D eigenvalue weighted by molar-refractivity contribution is -0.137. The van der Waals surface area contributed by atoms with Gasteiger partial charge in [0.05, 0.1) is 6.10 Å². The topological polar surface area (TPSA) is 64.3 Å². The summed E-state index contributed by atoms with van der Waals surface area (Å²) in [6.07, 6.45) is 7.49. The molecule has 0 radical (unpaired) electrons. The van der Waals surface area contributed by atoms with Crippen LogP contribution in [0.15, 0.2) is 24.3 Å². The number of nitrogens with two attached hydrogens (primary N) is 1. The van der Waals surface area contributed by atoms with Crippen LogP contribution in [-0.4, -0.2) is 30.7 Å². The van der Waals surface area contributed by atoms with Crippen LogP contribution in [-0.2, 0) is 16.0 Å². The molecule has 3 N–H and O–H groups in total. The van der Waals surface area contributed by atoms with Gasteiger partial charge < -0.3 is 15.8 Å². The lowest BCUT2D eigenvalue weighted by Crippen LogP contribution is -2.50. The third-order valence-electron chi connectivity index (χ3n) is 5.19. The lowest BCUT2D eigenvalue weighted by atomic mass is 9.84. The Morgan fingerprint density at radius 3 is 2.65 bits per heavy atom. The molecule has 0 saturated heterocycles. The number of amides is 1. The number of carbonyl (C=O) groups is 1. The van der Waals surface area contributed by atoms with Crippen LogP contribution in [0.2, 0.25) is 0 Å². The van der Waals surface area contributed by atoms with E-state index in [0.29, 0.717) is 12.5 Å². The highest BCUT2D eigenvalue weighted by atomic mass is 16.5. The van der Waals surface area contributed by atoms with Crippen LogP contribution < -0.4 is 11.1 Å². The summed E-state index contributed by atoms with van der Waals surface area (Å²) in [5.74, 6) is 0.562. The van der Waals surface area contributed by atoms with Gasteiger partial charge in [0.2, 0.25) is 0 Å². The Kier molecular flexibility index (Phi) is 8.60. The summed E-state index contributed by atoms with van der Waals surface area (Å²) < 4.78 is 5.90. The highest BCUT2D eigenvalue weighted by Crippen LogP contribution is 2.28. The average Bonchev–Trinajstić information content (AvgIpc) is 2.60. The van der Waals surface area contributed by atoms with E-state index in [9.17, 15) is 4.79 Å². The molecular formula is C22H36N2O2. The van der Waals surface area contributed by atoms with Crippen molar-refractivity contribution in [1.29, 1.82) is 0 Å². The van der Waals surface area contributed by atoms with Crippen molar-refractivity contribution in [2.75, 3.05) is 6.54 Å². The lowest BCUT2D eigenvalue weighted by Gasteiger charge is -2.30. The SMILES string of the molecule is Cc1cccc(CCNC(=O)C(OC(C)C)C(N)CC2CCCCC2)c1. The number of ether oxygens (including phenoxy) is 1. The molecule has 146 valence electrons. The molecule has 2 unspecified atom stereocenters. The van der Waals surface area contributed by atoms with Gasteiger partial charge in [-0.15, -0.1) is 0 Å². The molecule has 1 aliphatic carbocycles. The summed E-state index contributed by atoms with van der Waals surface area (Å²) >= 11 is 0. The Bertz CT molecular complexity index is 553. The van der Waals surface area contributed by atoms with Gasteiger partial charge in [-0.2, -0.15) is 0 Å². The van der Waals surface area contributed by atoms with Crippen LogP contribution in [0, 0.1) is 12.8 Å². The van der Waals surface area contributed by atoms with E-state index in [1.54, 1.807) is 0 Å². The van der Waals surface area contributed by atoms with E-state index in [1.165, 1.54) is 43.2 Å². The number of carbonyl (C=O) groups excluding carboxylic acids is 1. The van der Waals surface area contributed by atoms with Crippen molar-refractivity contribution in [2.45, 2.75) is 84.0 Å². The standard InChI is InChI=1S/C22H36N2O2/c1-16(2)26-21(20(23)15-18-9-5-4-6-10-18)22(25)24-13-12-19-11-7-8-17(3)14-19/h7-8,11,14,16,18,20-21H,4-6,9-10,12-13,15,23H2,1-3H3,(H,24,25). The molecule has 0 heterocycles. The Balaban J connectivity index is 1.86. The van der Waals surface area contributed by atoms with E-state index in [4.69, 9.17) is 10.5 Å². The second-order valence-corrected chi connectivity index (χ2v) is 8.04. The molecule has 1 aromatic rings. The van der Waals surface area contributed by atoms with Crippen LogP contribution in [0.25, 0.3) is 0 Å². The second-order valence-electron chi connectivity index (χ2n) is 8.04. The first kappa shape index (κ1) is 20.9. The van der Waals surface area contributed by atoms with Crippen molar-refractivity contribution < 1.29 is 9.53 Å². The predicted octanol–water partition coefficient (Wildman–Crippen LogP) is 3.75. The third kappa shape index (κ3) is 7.08. The predicted molar refractivity (Wildman–Crippen MR) is 107 cm³/mol. The minimum Gasteiger partial charge on any atom is -0.364 e. The molecule has 1 aromatic carbocycles. The first-order valence-corrected chi connectivity index (χ1v) is 10.2. The van der Waals surface area contributed by atoms with Crippen LogP contribution in [0.5, 0.6) is 0 Å². The van der Waals surface area contributed by atoms with Gasteiger partial charge in [0.15, 0.2) is 6.10 Å². The fourth-order valence-corrected chi connectivity index (χ4v) is 3.88. The van der Waals surface area contributed by atoms with Gasteiger partial charge in [0.1, 0.15) is 0 Å². The number of hydrogen-bond donors (Lipinski definition) is 2. The van der Waals surface area contributed by atoms with Crippen LogP contribution in [0.4, 0.5) is 0 Å². The molecule has 2 atom stereocenters. The molecule has 1 fully saturated rings. The number of nitrogens with one attached hydrogen (secondary N) is 1. The van der Waals surface area contributed by atoms with Gasteiger partial charge in [-0.3, -0.25) is 4.79 Å². The van der Waals surface area contributed by atoms with Crippen LogP contribution in [0.3, 0.4) is 0 Å². The van der Waals surface area contributed by atoms with E-state index in [-0.39, 0.29) is 18.1 Å². The molecule has 0 aromatic heterocycles. The number of hydrogen-bond acceptors (Lipinski definition) is 3. The Hall–Kier alpha value is -1.39. The largest absolute Gasteiger partial charge is 0.364 e. The van der Waals surface area contributed by atoms with Gasteiger partial charge in [-0.25, -0.2) is 0 Å². The molecule has 4 nitrogen and oxygen atoms in total. The minimum atomic E-state index is -0.561. The number of benzene rings is 1. The molecule has 4 heteroatoms. The summed E-state index contributed by atoms with van der Waals surface area (Å²) in [7, 11) is 0. The van der Waals surface area contributed by atoms with Gasteiger partial charge in [-0.1, -0.05) is 61.9 Å². The smallest absolute Gasteiger partial charge is 0.250 e. The van der Waals surface area contributed by atoms with E-state index < -0.39 is 6.10 Å². The molecule has 0 bridgehead atoms. The van der Waals surface area contributed by atoms with E-state index in [0.717, 1.165) is 12.8 Å². The summed E-state index contributed by atoms with van der Waals surface area (Å²) in [4.78, 5) is 12.7. The van der Waals surface area contributed by atoms with E-state index in [2.05, 4.69) is 36.5 Å². The highest BCUT2D eigenvalue weighted by molar-refractivity contribution is 5.81. The van der Waals surface area contributed by atoms with Gasteiger partial charge in [0.25, 0.3) is 5.91 Å². The fourth-order valence-electron chi connectivity index (χ4n) is 3.88. The van der Waals surface area contributed by atoms with Gasteiger partial charge in [0, 0.05) is 12.6 Å². The molecule has 2 rings (SSSR count). The van der Waals surface area contributed by atoms with Crippen molar-refractivity contribution in [3.63, 3.8) is 0 Å². The van der Waals surface area contributed by atoms with Crippen LogP contribution in [0.1, 0.15) is 63.5 Å². The van der Waals surface area contributed by atoms with Crippen molar-refractivity contribution >= 4 is 5.91 Å². The minimum absolute atomic E-state index is 0.0140. The zero-order valence-electron chi connectivity index (χ0n) is 16.7. The Labute approximate surface area is 158 Å². The molecule has 0 aliphatic heterocycles. The number of rotatable bonds is 9. The van der Waals surface area contributed by atoms with Crippen molar-refractivity contribution in [3.05, 3.63) is 35.4 Å². The molecule has 1 amide bonds. The van der Waals surface area contributed by atoms with Crippen LogP contribution >= 0.6 is 0 Å². The van der Waals surface area contributed by atoms with Crippen molar-refractivity contribution in [3.8, 4) is 0 Å². The highest BCUT2D eigenvalue weighted by Gasteiger charge is 2.29. The zero-order valence-corrected chi connectivity index (χ0v) is 16.7. The molecule has 26 heavy (non-hydrogen) atoms. The fraction of sp³-hybridized carbons (Fsp3) is 0.682. The summed E-state index contributed by atoms with van der Waals surface area (Å²) in [5.41, 5.74) is 8.89. The van der Waals surface area contributed by atoms with E-state index >= 15 is 0 Å². The Morgan fingerprint density at radius 1 is 1.27 bits per heavy atom. The zero-order chi connectivity index (χ0) is 18.9. The Morgan fingerprint density at radius 2 is 2.00 bits per heavy atom. The molecule has 1 aliphatic rings. The first-order chi connectivity index (χ1) is 12.5. The molecule has 0 spiro atoms. The average molecular weight is 361 g/mol. The maximum Gasteiger partial charge on any atom is 0.250 e. The van der Waals surface area contributed by atoms with Crippen molar-refractivity contribution in [2.24, 2.45) is 11.7 Å². The third-order valence-corrected chi connectivity index (χ3v) is 5.19. The number of aryl methyl sites for hydroxylation is 1. The summed E-state index contributed by atoms with van der Waals surface area (Å²) in [5, 5.41) is 3.03. The maximum absolute atomic E-state index is 12.7. The van der Waals surface area contributed by atoms with E-state index in [1.807, 2.05) is 13.8 Å².